The summed E-state index contributed by atoms with van der Waals surface area (Å²) < 4.78 is 0.853. The van der Waals surface area contributed by atoms with Crippen molar-refractivity contribution in [3.05, 3.63) is 21.3 Å². The van der Waals surface area contributed by atoms with E-state index in [9.17, 15) is 0 Å². The predicted molar refractivity (Wildman–Crippen MR) is 88.2 cm³/mol. The van der Waals surface area contributed by atoms with Crippen molar-refractivity contribution >= 4 is 22.9 Å². The number of nitrogens with zero attached hydrogens (tertiary/aromatic N) is 1. The molecule has 3 unspecified atom stereocenters. The molecule has 0 radical (unpaired) electrons. The van der Waals surface area contributed by atoms with Crippen molar-refractivity contribution in [2.45, 2.75) is 50.6 Å². The van der Waals surface area contributed by atoms with Gasteiger partial charge in [0.25, 0.3) is 0 Å². The number of hydrogen-bond donors (Lipinski definition) is 2. The van der Waals surface area contributed by atoms with Crippen LogP contribution in [0, 0.1) is 5.92 Å². The van der Waals surface area contributed by atoms with E-state index in [1.165, 1.54) is 30.6 Å². The summed E-state index contributed by atoms with van der Waals surface area (Å²) in [5.41, 5.74) is 3.24. The fraction of sp³-hybridized carbons (Fsp3) is 0.733. The van der Waals surface area contributed by atoms with Gasteiger partial charge >= 0.3 is 0 Å². The number of rotatable bonds is 5. The number of likely N-dealkylation sites (N-methyl/N-ethyl adjacent to an activating group) is 1. The summed E-state index contributed by atoms with van der Waals surface area (Å²) in [7, 11) is 4.37. The van der Waals surface area contributed by atoms with E-state index in [1.54, 1.807) is 11.3 Å². The van der Waals surface area contributed by atoms with Crippen molar-refractivity contribution in [1.29, 1.82) is 0 Å². The SMILES string of the molecule is CC1CCCC(C(Cc2ccc(Cl)s2)NN)(N(C)C)C1. The molecule has 20 heavy (non-hydrogen) atoms. The van der Waals surface area contributed by atoms with Gasteiger partial charge in [-0.25, -0.2) is 0 Å². The minimum absolute atomic E-state index is 0.142. The topological polar surface area (TPSA) is 41.3 Å². The van der Waals surface area contributed by atoms with Crippen molar-refractivity contribution in [3.8, 4) is 0 Å². The number of thiophene rings is 1. The van der Waals surface area contributed by atoms with E-state index in [1.807, 2.05) is 6.07 Å². The van der Waals surface area contributed by atoms with Crippen LogP contribution in [-0.4, -0.2) is 30.6 Å². The molecule has 2 rings (SSSR count). The highest BCUT2D eigenvalue weighted by Crippen LogP contribution is 2.39. The highest BCUT2D eigenvalue weighted by molar-refractivity contribution is 7.16. The smallest absolute Gasteiger partial charge is 0.0931 e. The van der Waals surface area contributed by atoms with Gasteiger partial charge in [0.15, 0.2) is 0 Å². The van der Waals surface area contributed by atoms with E-state index in [4.69, 9.17) is 17.4 Å². The maximum atomic E-state index is 6.05. The van der Waals surface area contributed by atoms with E-state index < -0.39 is 0 Å². The van der Waals surface area contributed by atoms with Gasteiger partial charge in [-0.05, 0) is 45.0 Å². The van der Waals surface area contributed by atoms with Crippen LogP contribution in [0.3, 0.4) is 0 Å². The number of halogens is 1. The molecular weight excluding hydrogens is 290 g/mol. The lowest BCUT2D eigenvalue weighted by molar-refractivity contribution is 0.0376. The lowest BCUT2D eigenvalue weighted by atomic mass is 9.70. The Morgan fingerprint density at radius 3 is 2.80 bits per heavy atom. The molecular formula is C15H26ClN3S. The first-order chi connectivity index (χ1) is 9.48. The zero-order chi connectivity index (χ0) is 14.8. The van der Waals surface area contributed by atoms with Crippen LogP contribution in [0.5, 0.6) is 0 Å². The van der Waals surface area contributed by atoms with Crippen LogP contribution < -0.4 is 11.3 Å². The molecule has 1 heterocycles. The molecule has 3 N–H and O–H groups in total. The summed E-state index contributed by atoms with van der Waals surface area (Å²) in [4.78, 5) is 3.68. The van der Waals surface area contributed by atoms with Gasteiger partial charge in [-0.2, -0.15) is 0 Å². The minimum atomic E-state index is 0.142. The standard InChI is InChI=1S/C15H26ClN3S/c1-11-5-4-8-15(10-11,19(2)3)13(18-17)9-12-6-7-14(16)20-12/h6-7,11,13,18H,4-5,8-10,17H2,1-3H3. The molecule has 0 saturated heterocycles. The van der Waals surface area contributed by atoms with Crippen LogP contribution in [0.1, 0.15) is 37.5 Å². The van der Waals surface area contributed by atoms with Crippen LogP contribution in [0.2, 0.25) is 4.34 Å². The molecule has 1 aromatic heterocycles. The molecule has 3 atom stereocenters. The van der Waals surface area contributed by atoms with Crippen molar-refractivity contribution in [1.82, 2.24) is 10.3 Å². The monoisotopic (exact) mass is 315 g/mol. The Bertz CT molecular complexity index is 435. The Balaban J connectivity index is 2.20. The third-order valence-electron chi connectivity index (χ3n) is 4.78. The molecule has 0 bridgehead atoms. The molecule has 1 aliphatic rings. The predicted octanol–water partition coefficient (Wildman–Crippen LogP) is 3.29. The van der Waals surface area contributed by atoms with E-state index in [0.29, 0.717) is 0 Å². The third kappa shape index (κ3) is 3.37. The Hall–Kier alpha value is -0.130. The highest BCUT2D eigenvalue weighted by atomic mass is 35.5. The number of nitrogens with one attached hydrogen (secondary N) is 1. The van der Waals surface area contributed by atoms with E-state index in [-0.39, 0.29) is 11.6 Å². The van der Waals surface area contributed by atoms with E-state index >= 15 is 0 Å². The summed E-state index contributed by atoms with van der Waals surface area (Å²) >= 11 is 7.71. The zero-order valence-corrected chi connectivity index (χ0v) is 14.2. The van der Waals surface area contributed by atoms with Crippen molar-refractivity contribution in [2.75, 3.05) is 14.1 Å². The molecule has 0 aliphatic heterocycles. The molecule has 5 heteroatoms. The second-order valence-corrected chi connectivity index (χ2v) is 8.13. The van der Waals surface area contributed by atoms with E-state index in [0.717, 1.165) is 16.7 Å². The van der Waals surface area contributed by atoms with Crippen molar-refractivity contribution in [3.63, 3.8) is 0 Å². The zero-order valence-electron chi connectivity index (χ0n) is 12.7. The first-order valence-electron chi connectivity index (χ1n) is 7.35. The van der Waals surface area contributed by atoms with E-state index in [2.05, 4.69) is 37.4 Å². The molecule has 0 spiro atoms. The molecule has 1 aromatic rings. The summed E-state index contributed by atoms with van der Waals surface area (Å²) in [6, 6.07) is 4.35. The minimum Gasteiger partial charge on any atom is -0.302 e. The fourth-order valence-corrected chi connectivity index (χ4v) is 4.80. The largest absolute Gasteiger partial charge is 0.302 e. The number of nitrogens with two attached hydrogens (primary N) is 1. The van der Waals surface area contributed by atoms with Crippen LogP contribution in [-0.2, 0) is 6.42 Å². The lowest BCUT2D eigenvalue weighted by Crippen LogP contribution is -2.63. The number of hydrazine groups is 1. The van der Waals surface area contributed by atoms with Gasteiger partial charge in [-0.1, -0.05) is 31.4 Å². The average molecular weight is 316 g/mol. The van der Waals surface area contributed by atoms with Gasteiger partial charge in [0.1, 0.15) is 0 Å². The van der Waals surface area contributed by atoms with Crippen molar-refractivity contribution < 1.29 is 0 Å². The third-order valence-corrected chi connectivity index (χ3v) is 6.04. The Kier molecular flexibility index (Phi) is 5.49. The summed E-state index contributed by atoms with van der Waals surface area (Å²) in [6.45, 7) is 2.35. The van der Waals surface area contributed by atoms with Crippen molar-refractivity contribution in [2.24, 2.45) is 11.8 Å². The average Bonchev–Trinajstić information content (AvgIpc) is 2.81. The van der Waals surface area contributed by atoms with Gasteiger partial charge in [-0.3, -0.25) is 11.3 Å². The highest BCUT2D eigenvalue weighted by Gasteiger charge is 2.43. The molecule has 1 saturated carbocycles. The van der Waals surface area contributed by atoms with Gasteiger partial charge < -0.3 is 4.90 Å². The first kappa shape index (κ1) is 16.2. The van der Waals surface area contributed by atoms with Crippen LogP contribution in [0.4, 0.5) is 0 Å². The second-order valence-electron chi connectivity index (χ2n) is 6.33. The summed E-state index contributed by atoms with van der Waals surface area (Å²) in [5, 5.41) is 0. The normalized spacial score (nSPS) is 28.8. The molecule has 1 fully saturated rings. The quantitative estimate of drug-likeness (QED) is 0.647. The van der Waals surface area contributed by atoms with Crippen LogP contribution in [0.15, 0.2) is 12.1 Å². The number of hydrogen-bond acceptors (Lipinski definition) is 4. The van der Waals surface area contributed by atoms with Gasteiger partial charge in [0.05, 0.1) is 4.34 Å². The van der Waals surface area contributed by atoms with Gasteiger partial charge in [-0.15, -0.1) is 11.3 Å². The second kappa shape index (κ2) is 6.75. The summed E-state index contributed by atoms with van der Waals surface area (Å²) in [6.07, 6.45) is 5.96. The Morgan fingerprint density at radius 2 is 2.30 bits per heavy atom. The lowest BCUT2D eigenvalue weighted by Gasteiger charge is -2.50. The molecule has 0 amide bonds. The maximum Gasteiger partial charge on any atom is 0.0931 e. The molecule has 1 aliphatic carbocycles. The first-order valence-corrected chi connectivity index (χ1v) is 8.55. The van der Waals surface area contributed by atoms with Crippen LogP contribution in [0.25, 0.3) is 0 Å². The van der Waals surface area contributed by atoms with Crippen LogP contribution >= 0.6 is 22.9 Å². The maximum absolute atomic E-state index is 6.05. The molecule has 0 aromatic carbocycles. The molecule has 114 valence electrons. The fourth-order valence-electron chi connectivity index (χ4n) is 3.67. The van der Waals surface area contributed by atoms with Gasteiger partial charge in [0.2, 0.25) is 0 Å². The van der Waals surface area contributed by atoms with Gasteiger partial charge in [0, 0.05) is 22.9 Å². The molecule has 3 nitrogen and oxygen atoms in total. The summed E-state index contributed by atoms with van der Waals surface area (Å²) in [5.74, 6) is 6.68. The Labute approximate surface area is 131 Å². The Morgan fingerprint density at radius 1 is 1.55 bits per heavy atom.